The summed E-state index contributed by atoms with van der Waals surface area (Å²) >= 11 is 5.71. The van der Waals surface area contributed by atoms with Gasteiger partial charge in [-0.3, -0.25) is 4.79 Å². The first-order valence-electron chi connectivity index (χ1n) is 4.91. The maximum Gasteiger partial charge on any atom is 0.251 e. The number of carbonyl (C=O) groups is 1. The molecule has 0 radical (unpaired) electrons. The minimum absolute atomic E-state index is 0.0446. The van der Waals surface area contributed by atoms with E-state index < -0.39 is 0 Å². The van der Waals surface area contributed by atoms with Crippen LogP contribution in [0.5, 0.6) is 5.75 Å². The molecule has 0 fully saturated rings. The van der Waals surface area contributed by atoms with Crippen LogP contribution >= 0.6 is 11.6 Å². The van der Waals surface area contributed by atoms with Crippen molar-refractivity contribution in [1.82, 2.24) is 15.3 Å². The van der Waals surface area contributed by atoms with Crippen LogP contribution in [0.4, 0.5) is 0 Å². The average molecular weight is 252 g/mol. The van der Waals surface area contributed by atoms with Gasteiger partial charge in [-0.1, -0.05) is 11.6 Å². The van der Waals surface area contributed by atoms with Crippen molar-refractivity contribution in [3.05, 3.63) is 47.0 Å². The van der Waals surface area contributed by atoms with Crippen molar-refractivity contribution >= 4 is 17.5 Å². The molecule has 0 saturated heterocycles. The molecule has 0 bridgehead atoms. The lowest BCUT2D eigenvalue weighted by Crippen LogP contribution is -2.22. The van der Waals surface area contributed by atoms with Crippen LogP contribution in [0.1, 0.15) is 16.1 Å². The number of hydrogen-bond donors (Lipinski definition) is 3. The van der Waals surface area contributed by atoms with E-state index in [-0.39, 0.29) is 16.7 Å². The molecule has 3 N–H and O–H groups in total. The highest BCUT2D eigenvalue weighted by molar-refractivity contribution is 6.32. The number of phenolic OH excluding ortho intramolecular Hbond substituents is 1. The molecule has 0 aliphatic rings. The predicted molar refractivity (Wildman–Crippen MR) is 62.9 cm³/mol. The third kappa shape index (κ3) is 2.76. The van der Waals surface area contributed by atoms with E-state index in [1.54, 1.807) is 12.5 Å². The Labute approximate surface area is 102 Å². The minimum Gasteiger partial charge on any atom is -0.506 e. The van der Waals surface area contributed by atoms with Gasteiger partial charge in [0.25, 0.3) is 5.91 Å². The van der Waals surface area contributed by atoms with E-state index in [0.29, 0.717) is 12.1 Å². The van der Waals surface area contributed by atoms with E-state index in [4.69, 9.17) is 11.6 Å². The second kappa shape index (κ2) is 4.88. The lowest BCUT2D eigenvalue weighted by molar-refractivity contribution is 0.0950. The third-order valence-electron chi connectivity index (χ3n) is 2.20. The number of imidazole rings is 1. The molecule has 0 spiro atoms. The van der Waals surface area contributed by atoms with Crippen LogP contribution in [0.15, 0.2) is 30.7 Å². The number of amides is 1. The van der Waals surface area contributed by atoms with Gasteiger partial charge in [0.05, 0.1) is 23.6 Å². The number of halogens is 1. The highest BCUT2D eigenvalue weighted by atomic mass is 35.5. The summed E-state index contributed by atoms with van der Waals surface area (Å²) < 4.78 is 0. The molecule has 2 rings (SSSR count). The summed E-state index contributed by atoms with van der Waals surface area (Å²) in [6.45, 7) is 0.358. The summed E-state index contributed by atoms with van der Waals surface area (Å²) in [5.41, 5.74) is 1.20. The summed E-state index contributed by atoms with van der Waals surface area (Å²) in [6, 6.07) is 4.30. The quantitative estimate of drug-likeness (QED) is 0.777. The molecule has 0 aliphatic carbocycles. The number of aromatic amines is 1. The fourth-order valence-electron chi connectivity index (χ4n) is 1.31. The van der Waals surface area contributed by atoms with Crippen molar-refractivity contribution in [3.63, 3.8) is 0 Å². The molecule has 1 aromatic carbocycles. The van der Waals surface area contributed by atoms with Crippen LogP contribution in [0.2, 0.25) is 5.02 Å². The topological polar surface area (TPSA) is 78.0 Å². The van der Waals surface area contributed by atoms with Crippen LogP contribution in [0.25, 0.3) is 0 Å². The molecule has 88 valence electrons. The maximum absolute atomic E-state index is 11.7. The Morgan fingerprint density at radius 1 is 1.53 bits per heavy atom. The number of carbonyl (C=O) groups excluding carboxylic acids is 1. The lowest BCUT2D eigenvalue weighted by Gasteiger charge is -2.04. The van der Waals surface area contributed by atoms with Crippen molar-refractivity contribution in [2.24, 2.45) is 0 Å². The maximum atomic E-state index is 11.7. The number of rotatable bonds is 3. The van der Waals surface area contributed by atoms with Crippen molar-refractivity contribution in [2.45, 2.75) is 6.54 Å². The predicted octanol–water partition coefficient (Wildman–Crippen LogP) is 1.70. The van der Waals surface area contributed by atoms with Gasteiger partial charge in [-0.15, -0.1) is 0 Å². The molecule has 0 aliphatic heterocycles. The summed E-state index contributed by atoms with van der Waals surface area (Å²) in [7, 11) is 0. The Balaban J connectivity index is 2.02. The molecule has 0 saturated carbocycles. The van der Waals surface area contributed by atoms with E-state index in [9.17, 15) is 9.90 Å². The van der Waals surface area contributed by atoms with Gasteiger partial charge in [0.15, 0.2) is 0 Å². The Kier molecular flexibility index (Phi) is 3.30. The van der Waals surface area contributed by atoms with Gasteiger partial charge in [-0.05, 0) is 18.2 Å². The minimum atomic E-state index is -0.262. The van der Waals surface area contributed by atoms with Gasteiger partial charge in [-0.2, -0.15) is 0 Å². The molecule has 1 heterocycles. The zero-order valence-electron chi connectivity index (χ0n) is 8.77. The van der Waals surface area contributed by atoms with Gasteiger partial charge in [-0.25, -0.2) is 4.98 Å². The van der Waals surface area contributed by atoms with Crippen LogP contribution < -0.4 is 5.32 Å². The van der Waals surface area contributed by atoms with Crippen LogP contribution in [-0.2, 0) is 6.54 Å². The summed E-state index contributed by atoms with van der Waals surface area (Å²) in [5.74, 6) is -0.307. The zero-order chi connectivity index (χ0) is 12.3. The second-order valence-electron chi connectivity index (χ2n) is 3.43. The van der Waals surface area contributed by atoms with Crippen LogP contribution in [-0.4, -0.2) is 21.0 Å². The number of phenols is 1. The number of aromatic nitrogens is 2. The molecular weight excluding hydrogens is 242 g/mol. The van der Waals surface area contributed by atoms with Gasteiger partial charge < -0.3 is 15.4 Å². The van der Waals surface area contributed by atoms with Gasteiger partial charge in [0.1, 0.15) is 5.75 Å². The first kappa shape index (κ1) is 11.5. The number of hydrogen-bond acceptors (Lipinski definition) is 3. The number of nitrogens with zero attached hydrogens (tertiary/aromatic N) is 1. The van der Waals surface area contributed by atoms with E-state index in [1.165, 1.54) is 18.2 Å². The molecule has 2 aromatic rings. The molecule has 17 heavy (non-hydrogen) atoms. The molecule has 0 atom stereocenters. The highest BCUT2D eigenvalue weighted by Gasteiger charge is 2.08. The number of nitrogens with one attached hydrogen (secondary N) is 2. The van der Waals surface area contributed by atoms with E-state index in [1.807, 2.05) is 0 Å². The van der Waals surface area contributed by atoms with Crippen molar-refractivity contribution in [2.75, 3.05) is 0 Å². The third-order valence-corrected chi connectivity index (χ3v) is 2.51. The Morgan fingerprint density at radius 3 is 3.00 bits per heavy atom. The standard InChI is InChI=1S/C11H10ClN3O2/c12-9-3-7(1-2-10(9)16)11(17)14-5-8-4-13-6-15-8/h1-4,6,16H,5H2,(H,13,15)(H,14,17). The Hall–Kier alpha value is -2.01. The molecule has 6 heteroatoms. The molecule has 1 aromatic heterocycles. The number of aromatic hydroxyl groups is 1. The summed E-state index contributed by atoms with van der Waals surface area (Å²) in [6.07, 6.45) is 3.17. The molecule has 5 nitrogen and oxygen atoms in total. The largest absolute Gasteiger partial charge is 0.506 e. The van der Waals surface area contributed by atoms with E-state index in [0.717, 1.165) is 5.69 Å². The van der Waals surface area contributed by atoms with E-state index >= 15 is 0 Å². The first-order valence-corrected chi connectivity index (χ1v) is 5.28. The second-order valence-corrected chi connectivity index (χ2v) is 3.83. The normalized spacial score (nSPS) is 10.2. The average Bonchev–Trinajstić information content (AvgIpc) is 2.82. The van der Waals surface area contributed by atoms with Crippen LogP contribution in [0.3, 0.4) is 0 Å². The molecular formula is C11H10ClN3O2. The zero-order valence-corrected chi connectivity index (χ0v) is 9.53. The lowest BCUT2D eigenvalue weighted by atomic mass is 10.2. The Morgan fingerprint density at radius 2 is 2.35 bits per heavy atom. The number of H-pyrrole nitrogens is 1. The fraction of sp³-hybridized carbons (Fsp3) is 0.0909. The SMILES string of the molecule is O=C(NCc1cnc[nH]1)c1ccc(O)c(Cl)c1. The van der Waals surface area contributed by atoms with Gasteiger partial charge >= 0.3 is 0 Å². The molecule has 0 unspecified atom stereocenters. The van der Waals surface area contributed by atoms with E-state index in [2.05, 4.69) is 15.3 Å². The van der Waals surface area contributed by atoms with Gasteiger partial charge in [0.2, 0.25) is 0 Å². The van der Waals surface area contributed by atoms with Crippen molar-refractivity contribution < 1.29 is 9.90 Å². The van der Waals surface area contributed by atoms with Crippen LogP contribution in [0, 0.1) is 0 Å². The van der Waals surface area contributed by atoms with Crippen molar-refractivity contribution in [1.29, 1.82) is 0 Å². The molecule has 1 amide bonds. The monoisotopic (exact) mass is 251 g/mol. The fourth-order valence-corrected chi connectivity index (χ4v) is 1.49. The summed E-state index contributed by atoms with van der Waals surface area (Å²) in [4.78, 5) is 18.4. The number of benzene rings is 1. The smallest absolute Gasteiger partial charge is 0.251 e. The summed E-state index contributed by atoms with van der Waals surface area (Å²) in [5, 5.41) is 12.1. The Bertz CT molecular complexity index is 526. The first-order chi connectivity index (χ1) is 8.16. The highest BCUT2D eigenvalue weighted by Crippen LogP contribution is 2.23. The van der Waals surface area contributed by atoms with Gasteiger partial charge in [0, 0.05) is 11.8 Å². The van der Waals surface area contributed by atoms with Crippen molar-refractivity contribution in [3.8, 4) is 5.75 Å².